The van der Waals surface area contributed by atoms with Crippen LogP contribution < -0.4 is 10.6 Å². The maximum atomic E-state index is 11.4. The van der Waals surface area contributed by atoms with Crippen LogP contribution in [0, 0.1) is 5.92 Å². The van der Waals surface area contributed by atoms with E-state index in [-0.39, 0.29) is 18.4 Å². The summed E-state index contributed by atoms with van der Waals surface area (Å²) in [5.74, 6) is -1.30. The lowest BCUT2D eigenvalue weighted by atomic mass is 9.79. The molecule has 7 heteroatoms. The van der Waals surface area contributed by atoms with Crippen LogP contribution in [0.2, 0.25) is 0 Å². The highest BCUT2D eigenvalue weighted by Crippen LogP contribution is 2.31. The minimum atomic E-state index is -0.904. The molecule has 0 aliphatic heterocycles. The van der Waals surface area contributed by atoms with E-state index in [0.29, 0.717) is 45.4 Å². The lowest BCUT2D eigenvalue weighted by molar-refractivity contribution is -0.144. The standard InChI is InChI=1S/C13H24N2O5/c1-20-7-6-15-11(16)8-14-9-13(19)4-2-10(3-5-13)12(17)18/h10,14,19H,2-9H2,1H3,(H,15,16)(H,17,18). The molecule has 1 rings (SSSR count). The second-order valence-corrected chi connectivity index (χ2v) is 5.28. The predicted octanol–water partition coefficient (Wildman–Crippen LogP) is -0.655. The summed E-state index contributed by atoms with van der Waals surface area (Å²) in [5, 5.41) is 24.8. The molecule has 1 aliphatic rings. The van der Waals surface area contributed by atoms with Gasteiger partial charge < -0.3 is 25.6 Å². The molecule has 1 aliphatic carbocycles. The van der Waals surface area contributed by atoms with Crippen LogP contribution in [0.3, 0.4) is 0 Å². The van der Waals surface area contributed by atoms with E-state index in [0.717, 1.165) is 0 Å². The number of nitrogens with one attached hydrogen (secondary N) is 2. The average Bonchev–Trinajstić information content (AvgIpc) is 2.39. The van der Waals surface area contributed by atoms with Gasteiger partial charge in [0.25, 0.3) is 0 Å². The Labute approximate surface area is 118 Å². The van der Waals surface area contributed by atoms with Crippen molar-refractivity contribution < 1.29 is 24.5 Å². The fourth-order valence-corrected chi connectivity index (χ4v) is 2.34. The Bertz CT molecular complexity index is 327. The molecule has 116 valence electrons. The Balaban J connectivity index is 2.18. The number of hydrogen-bond donors (Lipinski definition) is 4. The molecule has 0 saturated heterocycles. The third-order valence-corrected chi connectivity index (χ3v) is 3.63. The number of ether oxygens (including phenoxy) is 1. The third kappa shape index (κ3) is 5.85. The van der Waals surface area contributed by atoms with Crippen molar-refractivity contribution in [1.82, 2.24) is 10.6 Å². The Kier molecular flexibility index (Phi) is 6.90. The first-order valence-corrected chi connectivity index (χ1v) is 6.88. The van der Waals surface area contributed by atoms with Gasteiger partial charge in [-0.25, -0.2) is 0 Å². The van der Waals surface area contributed by atoms with Crippen molar-refractivity contribution in [2.45, 2.75) is 31.3 Å². The fourth-order valence-electron chi connectivity index (χ4n) is 2.34. The van der Waals surface area contributed by atoms with Crippen LogP contribution in [-0.2, 0) is 14.3 Å². The molecule has 0 bridgehead atoms. The Morgan fingerprint density at radius 3 is 2.55 bits per heavy atom. The molecule has 7 nitrogen and oxygen atoms in total. The van der Waals surface area contributed by atoms with Crippen LogP contribution in [0.5, 0.6) is 0 Å². The van der Waals surface area contributed by atoms with Crippen molar-refractivity contribution in [3.8, 4) is 0 Å². The molecule has 4 N–H and O–H groups in total. The monoisotopic (exact) mass is 288 g/mol. The molecular formula is C13H24N2O5. The molecule has 0 radical (unpaired) electrons. The van der Waals surface area contributed by atoms with E-state index in [1.807, 2.05) is 0 Å². The van der Waals surface area contributed by atoms with Gasteiger partial charge in [-0.05, 0) is 25.7 Å². The maximum absolute atomic E-state index is 11.4. The summed E-state index contributed by atoms with van der Waals surface area (Å²) >= 11 is 0. The van der Waals surface area contributed by atoms with Gasteiger partial charge in [0.1, 0.15) is 0 Å². The van der Waals surface area contributed by atoms with Gasteiger partial charge in [-0.1, -0.05) is 0 Å². The molecule has 0 aromatic heterocycles. The summed E-state index contributed by atoms with van der Waals surface area (Å²) in [4.78, 5) is 22.3. The van der Waals surface area contributed by atoms with Gasteiger partial charge in [-0.15, -0.1) is 0 Å². The highest BCUT2D eigenvalue weighted by Gasteiger charge is 2.35. The summed E-state index contributed by atoms with van der Waals surface area (Å²) in [6, 6.07) is 0. The van der Waals surface area contributed by atoms with E-state index in [2.05, 4.69) is 10.6 Å². The van der Waals surface area contributed by atoms with Crippen LogP contribution >= 0.6 is 0 Å². The minimum absolute atomic E-state index is 0.133. The molecule has 1 saturated carbocycles. The van der Waals surface area contributed by atoms with E-state index in [1.54, 1.807) is 7.11 Å². The van der Waals surface area contributed by atoms with Crippen molar-refractivity contribution >= 4 is 11.9 Å². The molecule has 20 heavy (non-hydrogen) atoms. The van der Waals surface area contributed by atoms with Gasteiger partial charge in [0.15, 0.2) is 0 Å². The molecule has 0 aromatic rings. The number of carboxylic acids is 1. The molecule has 0 unspecified atom stereocenters. The molecule has 0 atom stereocenters. The first kappa shape index (κ1) is 16.9. The van der Waals surface area contributed by atoms with E-state index >= 15 is 0 Å². The average molecular weight is 288 g/mol. The number of methoxy groups -OCH3 is 1. The second-order valence-electron chi connectivity index (χ2n) is 5.28. The normalized spacial score (nSPS) is 26.2. The smallest absolute Gasteiger partial charge is 0.306 e. The first-order valence-electron chi connectivity index (χ1n) is 6.88. The Morgan fingerprint density at radius 2 is 2.00 bits per heavy atom. The van der Waals surface area contributed by atoms with Crippen molar-refractivity contribution in [2.24, 2.45) is 5.92 Å². The lowest BCUT2D eigenvalue weighted by Crippen LogP contribution is -2.47. The Morgan fingerprint density at radius 1 is 1.35 bits per heavy atom. The van der Waals surface area contributed by atoms with Crippen molar-refractivity contribution in [3.63, 3.8) is 0 Å². The van der Waals surface area contributed by atoms with Crippen LogP contribution in [-0.4, -0.2) is 61.0 Å². The number of amides is 1. The topological polar surface area (TPSA) is 108 Å². The fraction of sp³-hybridized carbons (Fsp3) is 0.846. The van der Waals surface area contributed by atoms with E-state index < -0.39 is 11.6 Å². The number of carbonyl (C=O) groups is 2. The van der Waals surface area contributed by atoms with Crippen molar-refractivity contribution in [2.75, 3.05) is 33.4 Å². The minimum Gasteiger partial charge on any atom is -0.481 e. The van der Waals surface area contributed by atoms with Crippen molar-refractivity contribution in [1.29, 1.82) is 0 Å². The zero-order chi connectivity index (χ0) is 15.0. The summed E-state index contributed by atoms with van der Waals surface area (Å²) in [6.45, 7) is 1.36. The SMILES string of the molecule is COCCNC(=O)CNCC1(O)CCC(C(=O)O)CC1. The summed E-state index contributed by atoms with van der Waals surface area (Å²) in [7, 11) is 1.56. The van der Waals surface area contributed by atoms with E-state index in [9.17, 15) is 14.7 Å². The summed E-state index contributed by atoms with van der Waals surface area (Å²) in [5.41, 5.74) is -0.904. The molecule has 0 aromatic carbocycles. The number of carbonyl (C=O) groups excluding carboxylic acids is 1. The number of aliphatic hydroxyl groups is 1. The van der Waals surface area contributed by atoms with Gasteiger partial charge in [0, 0.05) is 20.2 Å². The summed E-state index contributed by atoms with van der Waals surface area (Å²) < 4.78 is 4.81. The second kappa shape index (κ2) is 8.18. The quantitative estimate of drug-likeness (QED) is 0.442. The molecular weight excluding hydrogens is 264 g/mol. The molecule has 1 amide bonds. The third-order valence-electron chi connectivity index (χ3n) is 3.63. The zero-order valence-corrected chi connectivity index (χ0v) is 11.9. The number of rotatable bonds is 8. The number of hydrogen-bond acceptors (Lipinski definition) is 5. The number of aliphatic carboxylic acids is 1. The highest BCUT2D eigenvalue weighted by atomic mass is 16.5. The molecule has 0 spiro atoms. The van der Waals surface area contributed by atoms with Gasteiger partial charge in [0.2, 0.25) is 5.91 Å². The van der Waals surface area contributed by atoms with Crippen LogP contribution in [0.25, 0.3) is 0 Å². The van der Waals surface area contributed by atoms with E-state index in [4.69, 9.17) is 9.84 Å². The predicted molar refractivity (Wildman–Crippen MR) is 72.3 cm³/mol. The van der Waals surface area contributed by atoms with Crippen LogP contribution in [0.1, 0.15) is 25.7 Å². The lowest BCUT2D eigenvalue weighted by Gasteiger charge is -2.34. The van der Waals surface area contributed by atoms with Crippen LogP contribution in [0.15, 0.2) is 0 Å². The maximum Gasteiger partial charge on any atom is 0.306 e. The molecule has 1 fully saturated rings. The van der Waals surface area contributed by atoms with Gasteiger partial charge in [0.05, 0.1) is 24.7 Å². The Hall–Kier alpha value is -1.18. The van der Waals surface area contributed by atoms with Gasteiger partial charge in [-0.2, -0.15) is 0 Å². The number of carboxylic acid groups (broad SMARTS) is 1. The first-order chi connectivity index (χ1) is 9.47. The zero-order valence-electron chi connectivity index (χ0n) is 11.9. The molecule has 0 heterocycles. The highest BCUT2D eigenvalue weighted by molar-refractivity contribution is 5.77. The largest absolute Gasteiger partial charge is 0.481 e. The van der Waals surface area contributed by atoms with Gasteiger partial charge in [-0.3, -0.25) is 9.59 Å². The van der Waals surface area contributed by atoms with Crippen molar-refractivity contribution in [3.05, 3.63) is 0 Å². The summed E-state index contributed by atoms with van der Waals surface area (Å²) in [6.07, 6.45) is 1.85. The van der Waals surface area contributed by atoms with Crippen LogP contribution in [0.4, 0.5) is 0 Å². The van der Waals surface area contributed by atoms with Gasteiger partial charge >= 0.3 is 5.97 Å². The van der Waals surface area contributed by atoms with E-state index in [1.165, 1.54) is 0 Å².